The summed E-state index contributed by atoms with van der Waals surface area (Å²) in [5, 5.41) is 34.2. The van der Waals surface area contributed by atoms with E-state index >= 15 is 0 Å². The first-order chi connectivity index (χ1) is 32.9. The minimum Gasteiger partial charge on any atom is -0.459 e. The third-order valence-corrected chi connectivity index (χ3v) is 12.9. The van der Waals surface area contributed by atoms with Gasteiger partial charge in [-0.15, -0.1) is 6.58 Å². The molecule has 1 heterocycles. The first-order valence-corrected chi connectivity index (χ1v) is 23.6. The Labute approximate surface area is 394 Å². The van der Waals surface area contributed by atoms with E-state index in [9.17, 15) is 20.1 Å². The molecule has 3 N–H and O–H groups in total. The Bertz CT molecular complexity index is 2220. The molecule has 4 aromatic rings. The topological polar surface area (TPSA) is 158 Å². The molecule has 6 atom stereocenters. The number of nitrogens with zero attached hydrogens (tertiary/aromatic N) is 2. The molecule has 4 aromatic carbocycles. The number of fused-ring (bicyclic) bond motifs is 2. The van der Waals surface area contributed by atoms with Crippen LogP contribution >= 0.6 is 0 Å². The Morgan fingerprint density at radius 3 is 2.25 bits per heavy atom. The van der Waals surface area contributed by atoms with Crippen molar-refractivity contribution < 1.29 is 53.4 Å². The van der Waals surface area contributed by atoms with Crippen molar-refractivity contribution in [1.82, 2.24) is 4.90 Å². The summed E-state index contributed by atoms with van der Waals surface area (Å²) in [6, 6.07) is 33.1. The van der Waals surface area contributed by atoms with Gasteiger partial charge < -0.3 is 48.6 Å². The molecule has 1 aliphatic heterocycles. The summed E-state index contributed by atoms with van der Waals surface area (Å²) in [6.45, 7) is 4.92. The van der Waals surface area contributed by atoms with Gasteiger partial charge in [-0.2, -0.15) is 0 Å². The van der Waals surface area contributed by atoms with Gasteiger partial charge in [0, 0.05) is 37.7 Å². The van der Waals surface area contributed by atoms with Crippen LogP contribution in [-0.4, -0.2) is 110 Å². The molecule has 358 valence electrons. The van der Waals surface area contributed by atoms with Crippen LogP contribution in [0.5, 0.6) is 17.2 Å². The highest BCUT2D eigenvalue weighted by molar-refractivity contribution is 6.03. The van der Waals surface area contributed by atoms with Crippen molar-refractivity contribution in [3.63, 3.8) is 0 Å². The average Bonchev–Trinajstić information content (AvgIpc) is 3.35. The standard InChI is InChI=1S/C54H66N2O11/c1-3-30-65-54-50(56(26-31-62-32-29-59)53(60)64-34-33-63-38-39-14-6-4-7-15-39)37-48(55-61-2)46-35-42(18-10-12-27-57)45(19-11-13-28-58)51(52(46)54)47-36-44(24-25-49(47)67-54)66-43-22-20-41(21-23-43)40-16-8-5-9-17-40/h3-9,14-17,20-25,35-36,42,45,50-52,57-59H,1,10-13,18-19,26-34,37-38H2,2H3. The van der Waals surface area contributed by atoms with Crippen LogP contribution in [0.2, 0.25) is 0 Å². The van der Waals surface area contributed by atoms with Crippen molar-refractivity contribution in [1.29, 1.82) is 0 Å². The summed E-state index contributed by atoms with van der Waals surface area (Å²) in [7, 11) is 1.52. The number of hydrogen-bond acceptors (Lipinski definition) is 12. The summed E-state index contributed by atoms with van der Waals surface area (Å²) in [5.74, 6) is -0.287. The quantitative estimate of drug-likeness (QED) is 0.0314. The van der Waals surface area contributed by atoms with E-state index in [2.05, 4.69) is 36.0 Å². The number of carbonyl (C=O) groups is 1. The highest BCUT2D eigenvalue weighted by Gasteiger charge is 2.65. The molecule has 7 rings (SSSR count). The Hall–Kier alpha value is -5.54. The maximum Gasteiger partial charge on any atom is 0.410 e. The van der Waals surface area contributed by atoms with Crippen LogP contribution in [0.15, 0.2) is 133 Å². The minimum absolute atomic E-state index is 0.00692. The molecule has 0 saturated heterocycles. The van der Waals surface area contributed by atoms with E-state index in [1.54, 1.807) is 11.0 Å². The van der Waals surface area contributed by atoms with Gasteiger partial charge in [-0.3, -0.25) is 4.90 Å². The lowest BCUT2D eigenvalue weighted by molar-refractivity contribution is -0.256. The van der Waals surface area contributed by atoms with E-state index in [0.29, 0.717) is 42.4 Å². The molecule has 1 amide bonds. The molecule has 13 heteroatoms. The zero-order valence-electron chi connectivity index (χ0n) is 38.6. The minimum atomic E-state index is -1.49. The number of amides is 1. The van der Waals surface area contributed by atoms with E-state index in [1.807, 2.05) is 84.9 Å². The van der Waals surface area contributed by atoms with Gasteiger partial charge in [-0.25, -0.2) is 4.79 Å². The van der Waals surface area contributed by atoms with Crippen LogP contribution < -0.4 is 9.47 Å². The Morgan fingerprint density at radius 1 is 0.821 bits per heavy atom. The summed E-state index contributed by atoms with van der Waals surface area (Å²) in [6.07, 6.45) is 8.03. The zero-order valence-corrected chi connectivity index (χ0v) is 38.6. The molecule has 6 unspecified atom stereocenters. The molecule has 0 radical (unpaired) electrons. The Balaban J connectivity index is 1.31. The van der Waals surface area contributed by atoms with E-state index < -0.39 is 23.8 Å². The third kappa shape index (κ3) is 12.1. The lowest BCUT2D eigenvalue weighted by atomic mass is 9.55. The van der Waals surface area contributed by atoms with Crippen LogP contribution in [0.3, 0.4) is 0 Å². The fourth-order valence-electron chi connectivity index (χ4n) is 10.0. The molecular formula is C54H66N2O11. The number of ether oxygens (including phenoxy) is 6. The van der Waals surface area contributed by atoms with Crippen molar-refractivity contribution in [2.24, 2.45) is 22.9 Å². The molecule has 3 aliphatic rings. The number of hydrogen-bond donors (Lipinski definition) is 3. The number of oxime groups is 1. The van der Waals surface area contributed by atoms with Gasteiger partial charge in [0.15, 0.2) is 0 Å². The molecule has 1 saturated carbocycles. The first kappa shape index (κ1) is 49.4. The van der Waals surface area contributed by atoms with Gasteiger partial charge in [-0.1, -0.05) is 103 Å². The fraction of sp³-hybridized carbons (Fsp3) is 0.444. The van der Waals surface area contributed by atoms with Crippen molar-refractivity contribution in [3.8, 4) is 28.4 Å². The summed E-state index contributed by atoms with van der Waals surface area (Å²) in [4.78, 5) is 21.8. The molecule has 67 heavy (non-hydrogen) atoms. The van der Waals surface area contributed by atoms with Crippen molar-refractivity contribution >= 4 is 11.8 Å². The third-order valence-electron chi connectivity index (χ3n) is 12.9. The van der Waals surface area contributed by atoms with Crippen LogP contribution in [0.1, 0.15) is 62.0 Å². The van der Waals surface area contributed by atoms with Gasteiger partial charge in [-0.05, 0) is 90.1 Å². The largest absolute Gasteiger partial charge is 0.459 e. The first-order valence-electron chi connectivity index (χ1n) is 23.6. The molecule has 0 spiro atoms. The molecule has 0 bridgehead atoms. The van der Waals surface area contributed by atoms with Gasteiger partial charge in [0.25, 0.3) is 0 Å². The molecule has 0 aromatic heterocycles. The number of carbonyl (C=O) groups excluding carboxylic acids is 1. The normalized spacial score (nSPS) is 22.2. The Morgan fingerprint density at radius 2 is 1.54 bits per heavy atom. The predicted molar refractivity (Wildman–Crippen MR) is 256 cm³/mol. The van der Waals surface area contributed by atoms with Gasteiger partial charge in [0.1, 0.15) is 37.0 Å². The second kappa shape index (κ2) is 25.0. The number of aliphatic hydroxyl groups excluding tert-OH is 3. The maximum atomic E-state index is 14.6. The fourth-order valence-corrected chi connectivity index (χ4v) is 10.0. The van der Waals surface area contributed by atoms with Crippen LogP contribution in [0.4, 0.5) is 4.79 Å². The summed E-state index contributed by atoms with van der Waals surface area (Å²) >= 11 is 0. The number of benzene rings is 4. The monoisotopic (exact) mass is 918 g/mol. The van der Waals surface area contributed by atoms with Gasteiger partial charge >= 0.3 is 6.09 Å². The molecular weight excluding hydrogens is 853 g/mol. The number of allylic oxidation sites excluding steroid dienone is 1. The second-order valence-corrected chi connectivity index (χ2v) is 17.1. The highest BCUT2D eigenvalue weighted by atomic mass is 16.7. The van der Waals surface area contributed by atoms with Crippen molar-refractivity contribution in [2.75, 3.05) is 66.5 Å². The molecule has 2 aliphatic carbocycles. The molecule has 1 fully saturated rings. The van der Waals surface area contributed by atoms with E-state index in [4.69, 9.17) is 33.3 Å². The second-order valence-electron chi connectivity index (χ2n) is 17.1. The van der Waals surface area contributed by atoms with Crippen molar-refractivity contribution in [2.45, 2.75) is 69.3 Å². The number of unbranched alkanes of at least 4 members (excludes halogenated alkanes) is 2. The van der Waals surface area contributed by atoms with Crippen molar-refractivity contribution in [3.05, 3.63) is 139 Å². The van der Waals surface area contributed by atoms with E-state index in [0.717, 1.165) is 53.5 Å². The highest BCUT2D eigenvalue weighted by Crippen LogP contribution is 2.62. The van der Waals surface area contributed by atoms with Gasteiger partial charge in [0.05, 0.1) is 51.3 Å². The SMILES string of the molecule is C=CCOC12Oc3ccc(Oc4ccc(-c5ccccc5)cc4)cc3C3C(CCCCO)C(CCCCO)C=C(C(=NOC)CC1N(CCOCCO)C(=O)OCCOCc1ccccc1)C32. The average molecular weight is 919 g/mol. The molecule has 13 nitrogen and oxygen atoms in total. The van der Waals surface area contributed by atoms with Crippen LogP contribution in [0.25, 0.3) is 11.1 Å². The van der Waals surface area contributed by atoms with Crippen LogP contribution in [0, 0.1) is 17.8 Å². The van der Waals surface area contributed by atoms with E-state index in [1.165, 1.54) is 7.11 Å². The summed E-state index contributed by atoms with van der Waals surface area (Å²) in [5.41, 5.74) is 5.69. The van der Waals surface area contributed by atoms with Gasteiger partial charge in [0.2, 0.25) is 5.79 Å². The van der Waals surface area contributed by atoms with Crippen LogP contribution in [-0.2, 0) is 30.4 Å². The smallest absolute Gasteiger partial charge is 0.410 e. The summed E-state index contributed by atoms with van der Waals surface area (Å²) < 4.78 is 38.6. The maximum absolute atomic E-state index is 14.6. The lowest BCUT2D eigenvalue weighted by Gasteiger charge is -2.59. The van der Waals surface area contributed by atoms with E-state index in [-0.39, 0.29) is 83.6 Å². The Kier molecular flexibility index (Phi) is 18.4. The lowest BCUT2D eigenvalue weighted by Crippen LogP contribution is -2.70. The zero-order chi connectivity index (χ0) is 46.9. The predicted octanol–water partition coefficient (Wildman–Crippen LogP) is 9.07. The number of aliphatic hydroxyl groups is 3. The number of rotatable bonds is 26.